The minimum absolute atomic E-state index is 1.17. The Labute approximate surface area is 135 Å². The highest BCUT2D eigenvalue weighted by Crippen LogP contribution is 2.28. The van der Waals surface area contributed by atoms with Gasteiger partial charge in [0.05, 0.1) is 0 Å². The summed E-state index contributed by atoms with van der Waals surface area (Å²) in [7, 11) is 0. The SMILES string of the molecule is C(=C(c1ccccc1)c1ccccc1)c1c[nH]c2ccccc12. The third-order valence-corrected chi connectivity index (χ3v) is 4.09. The van der Waals surface area contributed by atoms with Crippen LogP contribution in [0.2, 0.25) is 0 Å². The lowest BCUT2D eigenvalue weighted by atomic mass is 9.96. The lowest BCUT2D eigenvalue weighted by Gasteiger charge is -2.08. The van der Waals surface area contributed by atoms with Gasteiger partial charge in [-0.15, -0.1) is 0 Å². The first kappa shape index (κ1) is 13.6. The van der Waals surface area contributed by atoms with Crippen molar-refractivity contribution in [3.8, 4) is 0 Å². The van der Waals surface area contributed by atoms with Crippen molar-refractivity contribution in [2.75, 3.05) is 0 Å². The molecule has 1 nitrogen and oxygen atoms in total. The maximum atomic E-state index is 3.35. The fraction of sp³-hybridized carbons (Fsp3) is 0. The molecule has 0 bridgehead atoms. The lowest BCUT2D eigenvalue weighted by Crippen LogP contribution is -1.87. The van der Waals surface area contributed by atoms with E-state index in [4.69, 9.17) is 0 Å². The third-order valence-electron chi connectivity index (χ3n) is 4.09. The molecule has 3 aromatic carbocycles. The molecule has 0 fully saturated rings. The Hall–Kier alpha value is -3.06. The minimum atomic E-state index is 1.17. The maximum Gasteiger partial charge on any atom is 0.0460 e. The van der Waals surface area contributed by atoms with Gasteiger partial charge in [-0.3, -0.25) is 0 Å². The highest BCUT2D eigenvalue weighted by atomic mass is 14.7. The summed E-state index contributed by atoms with van der Waals surface area (Å²) in [4.78, 5) is 3.35. The molecule has 0 atom stereocenters. The van der Waals surface area contributed by atoms with E-state index in [-0.39, 0.29) is 0 Å². The number of H-pyrrole nitrogens is 1. The van der Waals surface area contributed by atoms with Crippen molar-refractivity contribution in [3.63, 3.8) is 0 Å². The highest BCUT2D eigenvalue weighted by molar-refractivity contribution is 5.98. The number of aromatic amines is 1. The van der Waals surface area contributed by atoms with Gasteiger partial charge in [0.2, 0.25) is 0 Å². The van der Waals surface area contributed by atoms with E-state index in [1.54, 1.807) is 0 Å². The molecule has 0 aliphatic rings. The van der Waals surface area contributed by atoms with Crippen LogP contribution in [0.5, 0.6) is 0 Å². The van der Waals surface area contributed by atoms with Gasteiger partial charge in [0, 0.05) is 22.7 Å². The first-order chi connectivity index (χ1) is 11.4. The molecule has 1 aromatic heterocycles. The van der Waals surface area contributed by atoms with Crippen molar-refractivity contribution in [2.24, 2.45) is 0 Å². The number of rotatable bonds is 3. The zero-order valence-corrected chi connectivity index (χ0v) is 12.7. The quantitative estimate of drug-likeness (QED) is 0.495. The van der Waals surface area contributed by atoms with Crippen LogP contribution in [0.25, 0.3) is 22.6 Å². The highest BCUT2D eigenvalue weighted by Gasteiger charge is 2.07. The predicted octanol–water partition coefficient (Wildman–Crippen LogP) is 5.76. The van der Waals surface area contributed by atoms with Crippen LogP contribution in [0, 0.1) is 0 Å². The maximum absolute atomic E-state index is 3.35. The first-order valence-electron chi connectivity index (χ1n) is 7.80. The molecule has 1 heteroatoms. The van der Waals surface area contributed by atoms with Crippen LogP contribution in [0.4, 0.5) is 0 Å². The lowest BCUT2D eigenvalue weighted by molar-refractivity contribution is 1.47. The van der Waals surface area contributed by atoms with Crippen LogP contribution >= 0.6 is 0 Å². The van der Waals surface area contributed by atoms with Gasteiger partial charge in [-0.25, -0.2) is 0 Å². The fourth-order valence-corrected chi connectivity index (χ4v) is 2.94. The summed E-state index contributed by atoms with van der Waals surface area (Å²) < 4.78 is 0. The van der Waals surface area contributed by atoms with Gasteiger partial charge in [0.25, 0.3) is 0 Å². The topological polar surface area (TPSA) is 15.8 Å². The number of benzene rings is 3. The molecule has 0 aliphatic carbocycles. The smallest absolute Gasteiger partial charge is 0.0460 e. The number of hydrogen-bond donors (Lipinski definition) is 1. The Morgan fingerprint density at radius 2 is 1.22 bits per heavy atom. The van der Waals surface area contributed by atoms with Gasteiger partial charge < -0.3 is 4.98 Å². The van der Waals surface area contributed by atoms with E-state index in [2.05, 4.69) is 102 Å². The molecule has 1 heterocycles. The van der Waals surface area contributed by atoms with Gasteiger partial charge in [0.15, 0.2) is 0 Å². The van der Waals surface area contributed by atoms with Crippen LogP contribution < -0.4 is 0 Å². The molecule has 110 valence electrons. The number of fused-ring (bicyclic) bond motifs is 1. The van der Waals surface area contributed by atoms with Crippen LogP contribution in [0.15, 0.2) is 91.1 Å². The van der Waals surface area contributed by atoms with E-state index in [1.165, 1.54) is 33.2 Å². The summed E-state index contributed by atoms with van der Waals surface area (Å²) in [6, 6.07) is 29.5. The predicted molar refractivity (Wildman–Crippen MR) is 98.2 cm³/mol. The average molecular weight is 295 g/mol. The normalized spacial score (nSPS) is 10.6. The monoisotopic (exact) mass is 295 g/mol. The molecule has 0 amide bonds. The molecule has 23 heavy (non-hydrogen) atoms. The van der Waals surface area contributed by atoms with Crippen LogP contribution in [0.3, 0.4) is 0 Å². The summed E-state index contributed by atoms with van der Waals surface area (Å²) in [6.45, 7) is 0. The van der Waals surface area contributed by atoms with E-state index in [0.29, 0.717) is 0 Å². The summed E-state index contributed by atoms with van der Waals surface area (Å²) in [6.07, 6.45) is 4.35. The molecular weight excluding hydrogens is 278 g/mol. The Kier molecular flexibility index (Phi) is 3.53. The van der Waals surface area contributed by atoms with Gasteiger partial charge >= 0.3 is 0 Å². The molecule has 0 aliphatic heterocycles. The molecular formula is C22H17N. The molecule has 0 unspecified atom stereocenters. The van der Waals surface area contributed by atoms with E-state index in [0.717, 1.165) is 0 Å². The Morgan fingerprint density at radius 3 is 1.87 bits per heavy atom. The third kappa shape index (κ3) is 2.69. The Balaban J connectivity index is 1.92. The van der Waals surface area contributed by atoms with Crippen molar-refractivity contribution in [1.82, 2.24) is 4.98 Å². The van der Waals surface area contributed by atoms with Crippen molar-refractivity contribution in [2.45, 2.75) is 0 Å². The second-order valence-corrected chi connectivity index (χ2v) is 5.58. The zero-order chi connectivity index (χ0) is 15.5. The number of hydrogen-bond acceptors (Lipinski definition) is 0. The average Bonchev–Trinajstić information content (AvgIpc) is 3.04. The summed E-state index contributed by atoms with van der Waals surface area (Å²) >= 11 is 0. The standard InChI is InChI=1S/C22H17N/c1-3-9-17(10-4-1)21(18-11-5-2-6-12-18)15-19-16-23-22-14-8-7-13-20(19)22/h1-16,23H. The zero-order valence-electron chi connectivity index (χ0n) is 12.7. The molecule has 0 saturated heterocycles. The minimum Gasteiger partial charge on any atom is -0.361 e. The first-order valence-corrected chi connectivity index (χ1v) is 7.80. The Bertz CT molecular complexity index is 905. The summed E-state index contributed by atoms with van der Waals surface area (Å²) in [5.74, 6) is 0. The van der Waals surface area contributed by atoms with Crippen molar-refractivity contribution < 1.29 is 0 Å². The van der Waals surface area contributed by atoms with E-state index < -0.39 is 0 Å². The summed E-state index contributed by atoms with van der Waals surface area (Å²) in [5.41, 5.74) is 6.06. The van der Waals surface area contributed by atoms with Gasteiger partial charge in [-0.1, -0.05) is 78.9 Å². The Morgan fingerprint density at radius 1 is 0.652 bits per heavy atom. The molecule has 4 aromatic rings. The molecule has 0 saturated carbocycles. The van der Waals surface area contributed by atoms with Crippen molar-refractivity contribution in [3.05, 3.63) is 108 Å². The fourth-order valence-electron chi connectivity index (χ4n) is 2.94. The van der Waals surface area contributed by atoms with Crippen LogP contribution in [-0.4, -0.2) is 4.98 Å². The second kappa shape index (κ2) is 5.98. The largest absolute Gasteiger partial charge is 0.361 e. The van der Waals surface area contributed by atoms with Crippen molar-refractivity contribution >= 4 is 22.6 Å². The number of aromatic nitrogens is 1. The van der Waals surface area contributed by atoms with E-state index in [1.807, 2.05) is 0 Å². The molecule has 0 spiro atoms. The number of nitrogens with one attached hydrogen (secondary N) is 1. The van der Waals surface area contributed by atoms with E-state index in [9.17, 15) is 0 Å². The molecule has 1 N–H and O–H groups in total. The van der Waals surface area contributed by atoms with Crippen molar-refractivity contribution in [1.29, 1.82) is 0 Å². The van der Waals surface area contributed by atoms with Gasteiger partial charge in [-0.05, 0) is 28.8 Å². The van der Waals surface area contributed by atoms with E-state index >= 15 is 0 Å². The number of para-hydroxylation sites is 1. The van der Waals surface area contributed by atoms with Crippen LogP contribution in [0.1, 0.15) is 16.7 Å². The van der Waals surface area contributed by atoms with Crippen LogP contribution in [-0.2, 0) is 0 Å². The van der Waals surface area contributed by atoms with Gasteiger partial charge in [-0.2, -0.15) is 0 Å². The molecule has 0 radical (unpaired) electrons. The molecule has 4 rings (SSSR count). The second-order valence-electron chi connectivity index (χ2n) is 5.58. The summed E-state index contributed by atoms with van der Waals surface area (Å²) in [5, 5.41) is 1.25. The van der Waals surface area contributed by atoms with Gasteiger partial charge in [0.1, 0.15) is 0 Å².